The van der Waals surface area contributed by atoms with Crippen LogP contribution < -0.4 is 0 Å². The second-order valence-corrected chi connectivity index (χ2v) is 1.99. The summed E-state index contributed by atoms with van der Waals surface area (Å²) in [6.45, 7) is 3.32. The minimum absolute atomic E-state index is 0.0612. The van der Waals surface area contributed by atoms with Crippen LogP contribution in [0.25, 0.3) is 0 Å². The van der Waals surface area contributed by atoms with Crippen molar-refractivity contribution >= 4 is 5.97 Å². The summed E-state index contributed by atoms with van der Waals surface area (Å²) in [4.78, 5) is 15.5. The first-order valence-corrected chi connectivity index (χ1v) is 3.39. The van der Waals surface area contributed by atoms with E-state index in [0.29, 0.717) is 0 Å². The summed E-state index contributed by atoms with van der Waals surface area (Å²) in [6.07, 6.45) is 7.73. The normalized spacial score (nSPS) is 13.8. The summed E-state index contributed by atoms with van der Waals surface area (Å²) >= 11 is 0. The van der Waals surface area contributed by atoms with Gasteiger partial charge in [-0.1, -0.05) is 6.58 Å². The van der Waals surface area contributed by atoms with Crippen molar-refractivity contribution < 1.29 is 14.4 Å². The number of carbonyl (C=O) groups excluding carboxylic acids is 1. The number of carbonyl (C=O) groups is 1. The van der Waals surface area contributed by atoms with Crippen LogP contribution in [0.15, 0.2) is 37.3 Å². The van der Waals surface area contributed by atoms with Gasteiger partial charge in [0.25, 0.3) is 0 Å². The Morgan fingerprint density at radius 1 is 1.67 bits per heavy atom. The van der Waals surface area contributed by atoms with E-state index in [4.69, 9.17) is 4.84 Å². The number of allylic oxidation sites excluding steroid dienone is 2. The van der Waals surface area contributed by atoms with E-state index in [1.165, 1.54) is 11.3 Å². The van der Waals surface area contributed by atoms with Crippen LogP contribution in [0, 0.1) is 0 Å². The first kappa shape index (κ1) is 8.39. The Bertz CT molecular complexity index is 232. The molecule has 0 saturated carbocycles. The lowest BCUT2D eigenvalue weighted by Crippen LogP contribution is -2.21. The highest BCUT2D eigenvalue weighted by Gasteiger charge is 2.02. The van der Waals surface area contributed by atoms with Gasteiger partial charge in [0.2, 0.25) is 0 Å². The molecule has 0 saturated heterocycles. The number of hydroxylamine groups is 2. The molecular weight excluding hydrogens is 158 g/mol. The molecule has 4 nitrogen and oxygen atoms in total. The maximum Gasteiger partial charge on any atom is 0.331 e. The van der Waals surface area contributed by atoms with Crippen LogP contribution in [-0.4, -0.2) is 17.8 Å². The number of hydrogen-bond donors (Lipinski definition) is 0. The minimum Gasteiger partial charge on any atom is -0.438 e. The first-order chi connectivity index (χ1) is 5.83. The lowest BCUT2D eigenvalue weighted by Gasteiger charge is -2.18. The quantitative estimate of drug-likeness (QED) is 0.463. The fourth-order valence-electron chi connectivity index (χ4n) is 0.599. The Labute approximate surface area is 70.3 Å². The smallest absolute Gasteiger partial charge is 0.331 e. The largest absolute Gasteiger partial charge is 0.438 e. The van der Waals surface area contributed by atoms with E-state index in [9.17, 15) is 4.79 Å². The van der Waals surface area contributed by atoms with E-state index in [0.717, 1.165) is 6.08 Å². The maximum absolute atomic E-state index is 10.6. The van der Waals surface area contributed by atoms with Crippen LogP contribution in [0.3, 0.4) is 0 Å². The van der Waals surface area contributed by atoms with E-state index >= 15 is 0 Å². The zero-order chi connectivity index (χ0) is 8.81. The predicted octanol–water partition coefficient (Wildman–Crippen LogP) is 0.948. The van der Waals surface area contributed by atoms with Gasteiger partial charge in [-0.2, -0.15) is 5.06 Å². The van der Waals surface area contributed by atoms with Crippen molar-refractivity contribution in [2.24, 2.45) is 0 Å². The highest BCUT2D eigenvalue weighted by atomic mass is 16.7. The molecule has 12 heavy (non-hydrogen) atoms. The van der Waals surface area contributed by atoms with E-state index in [1.807, 2.05) is 0 Å². The molecule has 0 radical (unpaired) electrons. The SMILES string of the molecule is C=CC(=O)OCN1C=CC=CO1. The summed E-state index contributed by atoms with van der Waals surface area (Å²) in [7, 11) is 0. The zero-order valence-corrected chi connectivity index (χ0v) is 6.47. The third kappa shape index (κ3) is 2.49. The number of ether oxygens (including phenoxy) is 1. The Morgan fingerprint density at radius 3 is 3.08 bits per heavy atom. The number of rotatable bonds is 3. The monoisotopic (exact) mass is 167 g/mol. The highest BCUT2D eigenvalue weighted by Crippen LogP contribution is 1.99. The number of esters is 1. The molecule has 0 N–H and O–H groups in total. The minimum atomic E-state index is -0.471. The fourth-order valence-corrected chi connectivity index (χ4v) is 0.599. The molecular formula is C8H9NO3. The predicted molar refractivity (Wildman–Crippen MR) is 42.4 cm³/mol. The van der Waals surface area contributed by atoms with Gasteiger partial charge in [0.1, 0.15) is 6.26 Å². The van der Waals surface area contributed by atoms with Crippen molar-refractivity contribution in [3.8, 4) is 0 Å². The van der Waals surface area contributed by atoms with E-state index in [2.05, 4.69) is 11.3 Å². The third-order valence-corrected chi connectivity index (χ3v) is 1.14. The molecule has 1 heterocycles. The van der Waals surface area contributed by atoms with Crippen molar-refractivity contribution in [3.05, 3.63) is 37.3 Å². The van der Waals surface area contributed by atoms with Crippen LogP contribution >= 0.6 is 0 Å². The van der Waals surface area contributed by atoms with Gasteiger partial charge in [-0.05, 0) is 12.2 Å². The summed E-state index contributed by atoms with van der Waals surface area (Å²) in [5.41, 5.74) is 0. The molecule has 0 fully saturated rings. The van der Waals surface area contributed by atoms with Crippen molar-refractivity contribution in [1.29, 1.82) is 0 Å². The Hall–Kier alpha value is -1.71. The molecule has 0 unspecified atom stereocenters. The van der Waals surface area contributed by atoms with E-state index < -0.39 is 5.97 Å². The molecule has 0 aromatic rings. The average Bonchev–Trinajstić information content (AvgIpc) is 2.16. The summed E-state index contributed by atoms with van der Waals surface area (Å²) in [6, 6.07) is 0. The Balaban J connectivity index is 2.23. The number of nitrogens with zero attached hydrogens (tertiary/aromatic N) is 1. The van der Waals surface area contributed by atoms with E-state index in [1.54, 1.807) is 18.4 Å². The molecule has 1 aliphatic rings. The molecule has 0 bridgehead atoms. The van der Waals surface area contributed by atoms with Crippen LogP contribution in [0.4, 0.5) is 0 Å². The molecule has 0 atom stereocenters. The van der Waals surface area contributed by atoms with Crippen LogP contribution in [0.5, 0.6) is 0 Å². The average molecular weight is 167 g/mol. The first-order valence-electron chi connectivity index (χ1n) is 3.39. The highest BCUT2D eigenvalue weighted by molar-refractivity contribution is 5.81. The van der Waals surface area contributed by atoms with Crippen LogP contribution in [0.2, 0.25) is 0 Å². The molecule has 0 aromatic heterocycles. The van der Waals surface area contributed by atoms with Gasteiger partial charge in [-0.3, -0.25) is 0 Å². The standard InChI is InChI=1S/C8H9NO3/c1-2-8(10)11-7-9-5-3-4-6-12-9/h2-6H,1,7H2. The summed E-state index contributed by atoms with van der Waals surface area (Å²) < 4.78 is 4.69. The lowest BCUT2D eigenvalue weighted by atomic mass is 10.5. The Kier molecular flexibility index (Phi) is 2.95. The second-order valence-electron chi connectivity index (χ2n) is 1.99. The van der Waals surface area contributed by atoms with Gasteiger partial charge in [0, 0.05) is 12.3 Å². The lowest BCUT2D eigenvalue weighted by molar-refractivity contribution is -0.162. The van der Waals surface area contributed by atoms with Gasteiger partial charge >= 0.3 is 5.97 Å². The van der Waals surface area contributed by atoms with Crippen molar-refractivity contribution in [1.82, 2.24) is 5.06 Å². The van der Waals surface area contributed by atoms with Crippen molar-refractivity contribution in [3.63, 3.8) is 0 Å². The van der Waals surface area contributed by atoms with Gasteiger partial charge in [0.05, 0.1) is 0 Å². The molecule has 1 aliphatic heterocycles. The summed E-state index contributed by atoms with van der Waals surface area (Å²) in [5.74, 6) is -0.471. The summed E-state index contributed by atoms with van der Waals surface area (Å²) in [5, 5.41) is 1.38. The van der Waals surface area contributed by atoms with Crippen LogP contribution in [-0.2, 0) is 14.4 Å². The maximum atomic E-state index is 10.6. The van der Waals surface area contributed by atoms with Gasteiger partial charge < -0.3 is 9.57 Å². The molecule has 0 aliphatic carbocycles. The molecule has 4 heteroatoms. The second kappa shape index (κ2) is 4.23. The van der Waals surface area contributed by atoms with Crippen LogP contribution in [0.1, 0.15) is 0 Å². The Morgan fingerprint density at radius 2 is 2.50 bits per heavy atom. The topological polar surface area (TPSA) is 38.8 Å². The van der Waals surface area contributed by atoms with Gasteiger partial charge in [-0.15, -0.1) is 0 Å². The van der Waals surface area contributed by atoms with Gasteiger partial charge in [0.15, 0.2) is 6.73 Å². The van der Waals surface area contributed by atoms with Crippen molar-refractivity contribution in [2.45, 2.75) is 0 Å². The van der Waals surface area contributed by atoms with Gasteiger partial charge in [-0.25, -0.2) is 4.79 Å². The third-order valence-electron chi connectivity index (χ3n) is 1.14. The number of hydrogen-bond acceptors (Lipinski definition) is 4. The fraction of sp³-hybridized carbons (Fsp3) is 0.125. The van der Waals surface area contributed by atoms with E-state index in [-0.39, 0.29) is 6.73 Å². The molecule has 0 aromatic carbocycles. The van der Waals surface area contributed by atoms with Crippen molar-refractivity contribution in [2.75, 3.05) is 6.73 Å². The molecule has 1 rings (SSSR count). The molecule has 64 valence electrons. The zero-order valence-electron chi connectivity index (χ0n) is 6.47. The molecule has 0 amide bonds. The molecule has 0 spiro atoms.